The van der Waals surface area contributed by atoms with E-state index in [0.29, 0.717) is 5.25 Å². The minimum Gasteiger partial charge on any atom is -0.398 e. The average Bonchev–Trinajstić information content (AvgIpc) is 2.07. The van der Waals surface area contributed by atoms with E-state index in [9.17, 15) is 0 Å². The molecular formula is C11H18N2S. The Morgan fingerprint density at radius 3 is 2.36 bits per heavy atom. The molecule has 0 amide bonds. The van der Waals surface area contributed by atoms with Gasteiger partial charge in [-0.15, -0.1) is 11.8 Å². The Morgan fingerprint density at radius 1 is 1.29 bits per heavy atom. The van der Waals surface area contributed by atoms with Crippen molar-refractivity contribution >= 4 is 23.1 Å². The molecule has 0 fully saturated rings. The van der Waals surface area contributed by atoms with Crippen molar-refractivity contribution in [3.8, 4) is 0 Å². The Balaban J connectivity index is 2.90. The molecule has 3 heteroatoms. The molecule has 0 aromatic heterocycles. The summed E-state index contributed by atoms with van der Waals surface area (Å²) in [6, 6.07) is 6.21. The number of benzene rings is 1. The van der Waals surface area contributed by atoms with Crippen molar-refractivity contribution in [1.82, 2.24) is 0 Å². The van der Waals surface area contributed by atoms with Gasteiger partial charge >= 0.3 is 0 Å². The normalized spacial score (nSPS) is 10.6. The number of thioether (sulfide) groups is 1. The van der Waals surface area contributed by atoms with Crippen molar-refractivity contribution in [2.75, 3.05) is 24.7 Å². The highest BCUT2D eigenvalue weighted by Crippen LogP contribution is 2.31. The molecule has 0 unspecified atom stereocenters. The summed E-state index contributed by atoms with van der Waals surface area (Å²) in [4.78, 5) is 3.23. The molecule has 0 aliphatic rings. The van der Waals surface area contributed by atoms with Crippen molar-refractivity contribution in [2.24, 2.45) is 0 Å². The summed E-state index contributed by atoms with van der Waals surface area (Å²) < 4.78 is 0. The second-order valence-corrected chi connectivity index (χ2v) is 5.40. The van der Waals surface area contributed by atoms with Crippen molar-refractivity contribution < 1.29 is 0 Å². The highest BCUT2D eigenvalue weighted by Gasteiger charge is 2.04. The van der Waals surface area contributed by atoms with Gasteiger partial charge in [0.1, 0.15) is 0 Å². The first-order valence-electron chi connectivity index (χ1n) is 4.74. The Bertz CT molecular complexity index is 308. The fourth-order valence-corrected chi connectivity index (χ4v) is 2.02. The molecule has 1 aromatic carbocycles. The van der Waals surface area contributed by atoms with Crippen LogP contribution in [0.25, 0.3) is 0 Å². The molecule has 2 N–H and O–H groups in total. The molecule has 1 rings (SSSR count). The van der Waals surface area contributed by atoms with E-state index in [4.69, 9.17) is 5.73 Å². The molecule has 0 spiro atoms. The van der Waals surface area contributed by atoms with E-state index < -0.39 is 0 Å². The maximum Gasteiger partial charge on any atom is 0.0473 e. The minimum absolute atomic E-state index is 0.572. The van der Waals surface area contributed by atoms with Crippen molar-refractivity contribution in [2.45, 2.75) is 24.0 Å². The quantitative estimate of drug-likeness (QED) is 0.614. The van der Waals surface area contributed by atoms with E-state index in [1.807, 2.05) is 20.2 Å². The molecule has 0 radical (unpaired) electrons. The van der Waals surface area contributed by atoms with Gasteiger partial charge in [-0.25, -0.2) is 0 Å². The van der Waals surface area contributed by atoms with Crippen molar-refractivity contribution in [1.29, 1.82) is 0 Å². The van der Waals surface area contributed by atoms with Crippen LogP contribution < -0.4 is 10.6 Å². The zero-order chi connectivity index (χ0) is 10.7. The van der Waals surface area contributed by atoms with Crippen LogP contribution in [0.3, 0.4) is 0 Å². The minimum atomic E-state index is 0.572. The molecular weight excluding hydrogens is 192 g/mol. The molecule has 0 aliphatic carbocycles. The fourth-order valence-electron chi connectivity index (χ4n) is 1.18. The Morgan fingerprint density at radius 2 is 1.93 bits per heavy atom. The van der Waals surface area contributed by atoms with E-state index in [0.717, 1.165) is 11.4 Å². The van der Waals surface area contributed by atoms with E-state index >= 15 is 0 Å². The van der Waals surface area contributed by atoms with Crippen LogP contribution in [0.5, 0.6) is 0 Å². The molecule has 0 bridgehead atoms. The first-order valence-corrected chi connectivity index (χ1v) is 5.62. The SMILES string of the molecule is CC(C)Sc1ccc(N(C)C)cc1N. The number of nitrogen functional groups attached to an aromatic ring is 1. The van der Waals surface area contributed by atoms with E-state index in [-0.39, 0.29) is 0 Å². The highest BCUT2D eigenvalue weighted by molar-refractivity contribution is 8.00. The first kappa shape index (κ1) is 11.2. The van der Waals surface area contributed by atoms with Crippen LogP contribution >= 0.6 is 11.8 Å². The smallest absolute Gasteiger partial charge is 0.0473 e. The summed E-state index contributed by atoms with van der Waals surface area (Å²) >= 11 is 1.80. The van der Waals surface area contributed by atoms with Crippen LogP contribution in [-0.4, -0.2) is 19.3 Å². The highest BCUT2D eigenvalue weighted by atomic mass is 32.2. The van der Waals surface area contributed by atoms with Gasteiger partial charge in [-0.05, 0) is 18.2 Å². The lowest BCUT2D eigenvalue weighted by atomic mass is 10.2. The summed E-state index contributed by atoms with van der Waals surface area (Å²) in [6.45, 7) is 4.34. The molecule has 2 nitrogen and oxygen atoms in total. The van der Waals surface area contributed by atoms with Crippen LogP contribution in [0, 0.1) is 0 Å². The van der Waals surface area contributed by atoms with Crippen molar-refractivity contribution in [3.05, 3.63) is 18.2 Å². The standard InChI is InChI=1S/C11H18N2S/c1-8(2)14-11-6-5-9(13(3)4)7-10(11)12/h5-8H,12H2,1-4H3. The summed E-state index contributed by atoms with van der Waals surface area (Å²) in [6.07, 6.45) is 0. The number of nitrogens with two attached hydrogens (primary N) is 1. The molecule has 1 aromatic rings. The average molecular weight is 210 g/mol. The van der Waals surface area contributed by atoms with Gasteiger partial charge < -0.3 is 10.6 Å². The number of hydrogen-bond acceptors (Lipinski definition) is 3. The van der Waals surface area contributed by atoms with Gasteiger partial charge in [-0.2, -0.15) is 0 Å². The molecule has 0 heterocycles. The maximum absolute atomic E-state index is 5.96. The van der Waals surface area contributed by atoms with Gasteiger partial charge in [0.15, 0.2) is 0 Å². The summed E-state index contributed by atoms with van der Waals surface area (Å²) in [5, 5.41) is 0.572. The van der Waals surface area contributed by atoms with Crippen LogP contribution in [0.1, 0.15) is 13.8 Å². The molecule has 0 aliphatic heterocycles. The van der Waals surface area contributed by atoms with Crippen molar-refractivity contribution in [3.63, 3.8) is 0 Å². The van der Waals surface area contributed by atoms with Gasteiger partial charge in [0, 0.05) is 35.6 Å². The molecule has 78 valence electrons. The third-order valence-electron chi connectivity index (χ3n) is 1.87. The number of anilines is 2. The van der Waals surface area contributed by atoms with Crippen LogP contribution in [0.2, 0.25) is 0 Å². The summed E-state index contributed by atoms with van der Waals surface area (Å²) in [7, 11) is 4.04. The lowest BCUT2D eigenvalue weighted by Gasteiger charge is -2.15. The predicted octanol–water partition coefficient (Wildman–Crippen LogP) is 2.84. The zero-order valence-electron chi connectivity index (χ0n) is 9.24. The predicted molar refractivity (Wildman–Crippen MR) is 66.2 cm³/mol. The second-order valence-electron chi connectivity index (χ2n) is 3.78. The lowest BCUT2D eigenvalue weighted by Crippen LogP contribution is -2.09. The summed E-state index contributed by atoms with van der Waals surface area (Å²) in [5.74, 6) is 0. The molecule has 0 saturated carbocycles. The Labute approximate surface area is 90.5 Å². The van der Waals surface area contributed by atoms with Gasteiger partial charge in [0.2, 0.25) is 0 Å². The fraction of sp³-hybridized carbons (Fsp3) is 0.455. The monoisotopic (exact) mass is 210 g/mol. The van der Waals surface area contributed by atoms with Crippen LogP contribution in [-0.2, 0) is 0 Å². The van der Waals surface area contributed by atoms with Crippen LogP contribution in [0.15, 0.2) is 23.1 Å². The van der Waals surface area contributed by atoms with Gasteiger partial charge in [-0.1, -0.05) is 13.8 Å². The number of rotatable bonds is 3. The molecule has 0 saturated heterocycles. The summed E-state index contributed by atoms with van der Waals surface area (Å²) in [5.41, 5.74) is 7.98. The van der Waals surface area contributed by atoms with E-state index in [1.54, 1.807) is 11.8 Å². The first-order chi connectivity index (χ1) is 6.50. The molecule has 14 heavy (non-hydrogen) atoms. The van der Waals surface area contributed by atoms with Crippen LogP contribution in [0.4, 0.5) is 11.4 Å². The van der Waals surface area contributed by atoms with E-state index in [1.165, 1.54) is 4.90 Å². The van der Waals surface area contributed by atoms with E-state index in [2.05, 4.69) is 30.9 Å². The maximum atomic E-state index is 5.96. The third-order valence-corrected chi connectivity index (χ3v) is 2.97. The molecule has 0 atom stereocenters. The Hall–Kier alpha value is -0.830. The van der Waals surface area contributed by atoms with Gasteiger partial charge in [0.05, 0.1) is 0 Å². The number of nitrogens with zero attached hydrogens (tertiary/aromatic N) is 1. The zero-order valence-corrected chi connectivity index (χ0v) is 10.1. The second kappa shape index (κ2) is 4.60. The van der Waals surface area contributed by atoms with Gasteiger partial charge in [-0.3, -0.25) is 0 Å². The lowest BCUT2D eigenvalue weighted by molar-refractivity contribution is 1.10. The Kier molecular flexibility index (Phi) is 3.69. The third kappa shape index (κ3) is 2.84. The largest absolute Gasteiger partial charge is 0.398 e. The van der Waals surface area contributed by atoms with Gasteiger partial charge in [0.25, 0.3) is 0 Å². The number of hydrogen-bond donors (Lipinski definition) is 1. The topological polar surface area (TPSA) is 29.3 Å².